The van der Waals surface area contributed by atoms with Gasteiger partial charge in [-0.1, -0.05) is 64.7 Å². The molecule has 5 nitrogen and oxygen atoms in total. The Hall–Kier alpha value is 1.35. The van der Waals surface area contributed by atoms with Crippen molar-refractivity contribution in [1.29, 1.82) is 0 Å². The minimum Gasteiger partial charge on any atom is -2.00 e. The van der Waals surface area contributed by atoms with Crippen LogP contribution in [0.25, 0.3) is 0 Å². The zero-order valence-corrected chi connectivity index (χ0v) is 16.5. The van der Waals surface area contributed by atoms with Crippen molar-refractivity contribution >= 4 is 10.4 Å². The molecule has 0 aliphatic heterocycles. The summed E-state index contributed by atoms with van der Waals surface area (Å²) >= 11 is 0. The van der Waals surface area contributed by atoms with E-state index in [2.05, 4.69) is 11.1 Å². The first-order valence-corrected chi connectivity index (χ1v) is 8.00. The Bertz CT molecular complexity index is 263. The van der Waals surface area contributed by atoms with Gasteiger partial charge in [-0.15, -0.1) is 0 Å². The van der Waals surface area contributed by atoms with E-state index in [-0.39, 0.29) is 58.7 Å². The topological polar surface area (TPSA) is 94.9 Å². The van der Waals surface area contributed by atoms with Crippen molar-refractivity contribution in [2.45, 2.75) is 71.1 Å². The molecule has 0 atom stereocenters. The van der Waals surface area contributed by atoms with Crippen LogP contribution in [0, 0.1) is 0 Å². The molecule has 20 heavy (non-hydrogen) atoms. The van der Waals surface area contributed by atoms with E-state index in [0.29, 0.717) is 6.42 Å². The van der Waals surface area contributed by atoms with Crippen LogP contribution in [0.1, 0.15) is 71.1 Å². The van der Waals surface area contributed by atoms with Gasteiger partial charge in [0.25, 0.3) is 0 Å². The Morgan fingerprint density at radius 2 is 1.20 bits per heavy atom. The summed E-state index contributed by atoms with van der Waals surface area (Å²) in [6, 6.07) is 0. The summed E-state index contributed by atoms with van der Waals surface area (Å²) in [5.74, 6) is 0. The fourth-order valence-corrected chi connectivity index (χ4v) is 2.07. The molecular weight excluding hydrogens is 335 g/mol. The molecule has 0 aromatic carbocycles. The molecular formula is C12H25FeNaO5S. The van der Waals surface area contributed by atoms with Crippen LogP contribution in [0.3, 0.4) is 0 Å². The minimum atomic E-state index is -4.48. The maximum atomic E-state index is 10.1. The third-order valence-electron chi connectivity index (χ3n) is 2.73. The SMILES string of the molecule is CCCCCCCCCCCCOS(=O)(=O)[O-].[Fe+2].[Na+].[O-2]. The van der Waals surface area contributed by atoms with Crippen molar-refractivity contribution in [3.05, 3.63) is 0 Å². The standard InChI is InChI=1S/C12H26O4S.Fe.Na.O/c1-2-3-4-5-6-7-8-9-10-11-12-16-17(13,14)15;;;/h2-12H2,1H3,(H,13,14,15);;;/q;+2;+1;-2/p-1. The summed E-state index contributed by atoms with van der Waals surface area (Å²) in [6.07, 6.45) is 11.7. The van der Waals surface area contributed by atoms with Gasteiger partial charge >= 0.3 is 46.6 Å². The molecule has 0 unspecified atom stereocenters. The van der Waals surface area contributed by atoms with E-state index in [9.17, 15) is 13.0 Å². The van der Waals surface area contributed by atoms with Gasteiger partial charge in [0.05, 0.1) is 6.61 Å². The van der Waals surface area contributed by atoms with E-state index >= 15 is 0 Å². The molecule has 0 N–H and O–H groups in total. The van der Waals surface area contributed by atoms with Gasteiger partial charge in [0.2, 0.25) is 10.4 Å². The molecule has 0 aliphatic carbocycles. The van der Waals surface area contributed by atoms with Crippen LogP contribution in [0.5, 0.6) is 0 Å². The Morgan fingerprint density at radius 1 is 0.850 bits per heavy atom. The summed E-state index contributed by atoms with van der Waals surface area (Å²) in [7, 11) is -4.48. The van der Waals surface area contributed by atoms with Gasteiger partial charge in [-0.05, 0) is 6.42 Å². The predicted molar refractivity (Wildman–Crippen MR) is 68.2 cm³/mol. The van der Waals surface area contributed by atoms with Gasteiger partial charge < -0.3 is 10.0 Å². The zero-order valence-electron chi connectivity index (χ0n) is 12.6. The van der Waals surface area contributed by atoms with E-state index in [0.717, 1.165) is 12.8 Å². The van der Waals surface area contributed by atoms with Crippen molar-refractivity contribution in [2.75, 3.05) is 6.61 Å². The molecule has 0 saturated carbocycles. The second-order valence-corrected chi connectivity index (χ2v) is 5.46. The Kier molecular flexibility index (Phi) is 29.9. The van der Waals surface area contributed by atoms with Gasteiger partial charge in [-0.2, -0.15) is 0 Å². The molecule has 0 rings (SSSR count). The number of hydrogen-bond donors (Lipinski definition) is 0. The van der Waals surface area contributed by atoms with Gasteiger partial charge in [-0.3, -0.25) is 4.18 Å². The van der Waals surface area contributed by atoms with Crippen LogP contribution in [0.2, 0.25) is 0 Å². The number of hydrogen-bond acceptors (Lipinski definition) is 4. The van der Waals surface area contributed by atoms with Gasteiger partial charge in [0, 0.05) is 0 Å². The second-order valence-electron chi connectivity index (χ2n) is 4.41. The monoisotopic (exact) mass is 360 g/mol. The Morgan fingerprint density at radius 3 is 1.55 bits per heavy atom. The van der Waals surface area contributed by atoms with Gasteiger partial charge in [0.15, 0.2) is 0 Å². The molecule has 0 bridgehead atoms. The van der Waals surface area contributed by atoms with E-state index in [1.807, 2.05) is 0 Å². The summed E-state index contributed by atoms with van der Waals surface area (Å²) in [4.78, 5) is 0. The van der Waals surface area contributed by atoms with Crippen molar-refractivity contribution in [1.82, 2.24) is 0 Å². The van der Waals surface area contributed by atoms with Crippen LogP contribution in [-0.2, 0) is 37.1 Å². The molecule has 0 fully saturated rings. The fraction of sp³-hybridized carbons (Fsp3) is 1.00. The van der Waals surface area contributed by atoms with E-state index in [1.54, 1.807) is 0 Å². The fourth-order valence-electron chi connectivity index (χ4n) is 1.75. The first kappa shape index (κ1) is 29.4. The average Bonchev–Trinajstić information content (AvgIpc) is 2.24. The van der Waals surface area contributed by atoms with Crippen molar-refractivity contribution in [3.8, 4) is 0 Å². The molecule has 0 saturated heterocycles. The predicted octanol–water partition coefficient (Wildman–Crippen LogP) is 0.267. The van der Waals surface area contributed by atoms with Crippen LogP contribution < -0.4 is 29.6 Å². The molecule has 118 valence electrons. The molecule has 0 aromatic heterocycles. The maximum Gasteiger partial charge on any atom is 2.00 e. The zero-order chi connectivity index (χ0) is 13.0. The summed E-state index contributed by atoms with van der Waals surface area (Å²) in [6.45, 7) is 2.24. The van der Waals surface area contributed by atoms with Gasteiger partial charge in [0.1, 0.15) is 0 Å². The van der Waals surface area contributed by atoms with Crippen molar-refractivity contribution in [3.63, 3.8) is 0 Å². The van der Waals surface area contributed by atoms with Crippen LogP contribution in [-0.4, -0.2) is 19.6 Å². The first-order valence-electron chi connectivity index (χ1n) is 6.66. The molecule has 0 radical (unpaired) electrons. The smallest absolute Gasteiger partial charge is 2.00 e. The molecule has 0 amide bonds. The number of rotatable bonds is 12. The number of unbranched alkanes of at least 4 members (excludes halogenated alkanes) is 9. The molecule has 0 aliphatic rings. The third-order valence-corrected chi connectivity index (χ3v) is 3.18. The Labute approximate surface area is 156 Å². The van der Waals surface area contributed by atoms with Crippen molar-refractivity contribution < 1.29 is 69.3 Å². The van der Waals surface area contributed by atoms with Crippen LogP contribution in [0.4, 0.5) is 0 Å². The molecule has 0 heterocycles. The minimum absolute atomic E-state index is 0. The average molecular weight is 360 g/mol. The summed E-state index contributed by atoms with van der Waals surface area (Å²) in [5, 5.41) is 0. The molecule has 0 aromatic rings. The largest absolute Gasteiger partial charge is 2.00 e. The Balaban J connectivity index is -0.000000427. The maximum absolute atomic E-state index is 10.1. The normalized spacial score (nSPS) is 10.1. The van der Waals surface area contributed by atoms with E-state index < -0.39 is 10.4 Å². The first-order chi connectivity index (χ1) is 8.06. The van der Waals surface area contributed by atoms with Crippen molar-refractivity contribution in [2.24, 2.45) is 0 Å². The van der Waals surface area contributed by atoms with E-state index in [1.165, 1.54) is 44.9 Å². The summed E-state index contributed by atoms with van der Waals surface area (Å²) < 4.78 is 34.5. The molecule has 8 heteroatoms. The second kappa shape index (κ2) is 20.3. The van der Waals surface area contributed by atoms with E-state index in [4.69, 9.17) is 0 Å². The third kappa shape index (κ3) is 27.7. The molecule has 0 spiro atoms. The summed E-state index contributed by atoms with van der Waals surface area (Å²) in [5.41, 5.74) is 0. The van der Waals surface area contributed by atoms with Crippen LogP contribution >= 0.6 is 0 Å². The van der Waals surface area contributed by atoms with Gasteiger partial charge in [-0.25, -0.2) is 8.42 Å². The van der Waals surface area contributed by atoms with Crippen LogP contribution in [0.15, 0.2) is 0 Å². The quantitative estimate of drug-likeness (QED) is 0.216.